The zero-order valence-electron chi connectivity index (χ0n) is 13.7. The van der Waals surface area contributed by atoms with Gasteiger partial charge in [0.25, 0.3) is 0 Å². The highest BCUT2D eigenvalue weighted by Crippen LogP contribution is 2.38. The zero-order chi connectivity index (χ0) is 17.9. The van der Waals surface area contributed by atoms with Gasteiger partial charge in [-0.1, -0.05) is 15.9 Å². The minimum Gasteiger partial charge on any atom is -0.497 e. The molecule has 0 N–H and O–H groups in total. The van der Waals surface area contributed by atoms with Crippen molar-refractivity contribution in [3.8, 4) is 11.5 Å². The third-order valence-electron chi connectivity index (χ3n) is 3.53. The van der Waals surface area contributed by atoms with E-state index in [4.69, 9.17) is 14.2 Å². The number of halogens is 2. The summed E-state index contributed by atoms with van der Waals surface area (Å²) >= 11 is 3.25. The Morgan fingerprint density at radius 3 is 2.38 bits per heavy atom. The summed E-state index contributed by atoms with van der Waals surface area (Å²) in [6.45, 7) is 0. The van der Waals surface area contributed by atoms with E-state index in [9.17, 15) is 9.18 Å². The van der Waals surface area contributed by atoms with Gasteiger partial charge in [-0.25, -0.2) is 9.18 Å². The summed E-state index contributed by atoms with van der Waals surface area (Å²) in [7, 11) is 5.99. The number of esters is 1. The van der Waals surface area contributed by atoms with Crippen LogP contribution in [0.25, 0.3) is 0 Å². The molecular weight excluding hydrogens is 381 g/mol. The molecule has 2 rings (SSSR count). The summed E-state index contributed by atoms with van der Waals surface area (Å²) in [5.41, 5.74) is 0.833. The molecule has 0 aromatic heterocycles. The topological polar surface area (TPSA) is 48.0 Å². The molecule has 128 valence electrons. The third-order valence-corrected chi connectivity index (χ3v) is 3.99. The number of hydrogen-bond donors (Lipinski definition) is 0. The molecule has 0 aliphatic rings. The van der Waals surface area contributed by atoms with Crippen molar-refractivity contribution in [3.05, 3.63) is 46.2 Å². The molecule has 0 fully saturated rings. The molecule has 0 amide bonds. The zero-order valence-corrected chi connectivity index (χ0v) is 15.3. The van der Waals surface area contributed by atoms with Crippen molar-refractivity contribution < 1.29 is 23.4 Å². The molecule has 0 unspecified atom stereocenters. The minimum atomic E-state index is -0.755. The van der Waals surface area contributed by atoms with Crippen LogP contribution in [0.2, 0.25) is 0 Å². The summed E-state index contributed by atoms with van der Waals surface area (Å²) in [4.78, 5) is 13.7. The fourth-order valence-electron chi connectivity index (χ4n) is 2.32. The van der Waals surface area contributed by atoms with Crippen molar-refractivity contribution in [1.82, 2.24) is 0 Å². The van der Waals surface area contributed by atoms with Crippen LogP contribution in [0.5, 0.6) is 11.5 Å². The normalized spacial score (nSPS) is 10.2. The van der Waals surface area contributed by atoms with Gasteiger partial charge >= 0.3 is 5.97 Å². The predicted octanol–water partition coefficient (Wildman–Crippen LogP) is 4.16. The third kappa shape index (κ3) is 3.46. The molecule has 2 aromatic rings. The quantitative estimate of drug-likeness (QED) is 0.708. The average molecular weight is 398 g/mol. The Balaban J connectivity index is 2.62. The van der Waals surface area contributed by atoms with Gasteiger partial charge in [0.1, 0.15) is 22.9 Å². The maximum absolute atomic E-state index is 14.3. The van der Waals surface area contributed by atoms with Gasteiger partial charge < -0.3 is 19.1 Å². The number of benzene rings is 2. The van der Waals surface area contributed by atoms with E-state index >= 15 is 0 Å². The maximum Gasteiger partial charge on any atom is 0.343 e. The van der Waals surface area contributed by atoms with Crippen LogP contribution in [0, 0.1) is 5.82 Å². The van der Waals surface area contributed by atoms with Gasteiger partial charge in [0.05, 0.1) is 32.7 Å². The van der Waals surface area contributed by atoms with Gasteiger partial charge in [-0.15, -0.1) is 0 Å². The molecule has 5 nitrogen and oxygen atoms in total. The Morgan fingerprint density at radius 1 is 1.08 bits per heavy atom. The lowest BCUT2D eigenvalue weighted by Gasteiger charge is -2.24. The van der Waals surface area contributed by atoms with Crippen LogP contribution in [-0.2, 0) is 4.74 Å². The molecule has 0 saturated carbocycles. The number of carbonyl (C=O) groups excluding carboxylic acids is 1. The van der Waals surface area contributed by atoms with Crippen molar-refractivity contribution in [1.29, 1.82) is 0 Å². The monoisotopic (exact) mass is 397 g/mol. The smallest absolute Gasteiger partial charge is 0.343 e. The van der Waals surface area contributed by atoms with Crippen LogP contribution < -0.4 is 14.4 Å². The number of methoxy groups -OCH3 is 3. The van der Waals surface area contributed by atoms with Gasteiger partial charge in [-0.05, 0) is 24.3 Å². The van der Waals surface area contributed by atoms with Crippen LogP contribution in [0.3, 0.4) is 0 Å². The maximum atomic E-state index is 14.3. The molecule has 0 atom stereocenters. The molecule has 0 bridgehead atoms. The number of carbonyl (C=O) groups is 1. The second-order valence-electron chi connectivity index (χ2n) is 4.87. The molecule has 0 heterocycles. The van der Waals surface area contributed by atoms with Crippen LogP contribution in [0.1, 0.15) is 10.4 Å². The van der Waals surface area contributed by atoms with Gasteiger partial charge in [0.2, 0.25) is 0 Å². The lowest BCUT2D eigenvalue weighted by Crippen LogP contribution is -2.17. The number of anilines is 2. The summed E-state index contributed by atoms with van der Waals surface area (Å²) < 4.78 is 30.1. The van der Waals surface area contributed by atoms with Crippen molar-refractivity contribution in [3.63, 3.8) is 0 Å². The van der Waals surface area contributed by atoms with Crippen LogP contribution in [0.4, 0.5) is 15.8 Å². The molecule has 0 spiro atoms. The lowest BCUT2D eigenvalue weighted by atomic mass is 10.1. The van der Waals surface area contributed by atoms with Crippen molar-refractivity contribution in [2.75, 3.05) is 33.3 Å². The van der Waals surface area contributed by atoms with Crippen molar-refractivity contribution >= 4 is 33.3 Å². The van der Waals surface area contributed by atoms with E-state index in [1.54, 1.807) is 43.3 Å². The molecule has 0 radical (unpaired) electrons. The second kappa shape index (κ2) is 7.53. The lowest BCUT2D eigenvalue weighted by molar-refractivity contribution is 0.0596. The largest absolute Gasteiger partial charge is 0.497 e. The highest BCUT2D eigenvalue weighted by molar-refractivity contribution is 9.10. The fourth-order valence-corrected chi connectivity index (χ4v) is 2.74. The first kappa shape index (κ1) is 18.1. The highest BCUT2D eigenvalue weighted by Gasteiger charge is 2.23. The van der Waals surface area contributed by atoms with Crippen molar-refractivity contribution in [2.24, 2.45) is 0 Å². The first-order valence-electron chi connectivity index (χ1n) is 6.96. The minimum absolute atomic E-state index is 0.152. The second-order valence-corrected chi connectivity index (χ2v) is 5.79. The van der Waals surface area contributed by atoms with Crippen LogP contribution in [-0.4, -0.2) is 34.3 Å². The van der Waals surface area contributed by atoms with E-state index in [-0.39, 0.29) is 5.56 Å². The Morgan fingerprint density at radius 2 is 1.79 bits per heavy atom. The Hall–Kier alpha value is -2.28. The summed E-state index contributed by atoms with van der Waals surface area (Å²) in [5.74, 6) is -0.287. The summed E-state index contributed by atoms with van der Waals surface area (Å²) in [6, 6.07) is 8.07. The van der Waals surface area contributed by atoms with Crippen LogP contribution >= 0.6 is 15.9 Å². The van der Waals surface area contributed by atoms with E-state index in [0.29, 0.717) is 27.3 Å². The molecule has 0 saturated heterocycles. The predicted molar refractivity (Wildman–Crippen MR) is 93.0 cm³/mol. The Bertz CT molecular complexity index is 766. The number of nitrogens with zero attached hydrogens (tertiary/aromatic N) is 1. The first-order valence-corrected chi connectivity index (χ1v) is 7.75. The molecular formula is C17H17BrFNO4. The van der Waals surface area contributed by atoms with Gasteiger partial charge in [0, 0.05) is 17.6 Å². The summed E-state index contributed by atoms with van der Waals surface area (Å²) in [6.07, 6.45) is 0. The van der Waals surface area contributed by atoms with E-state index in [1.165, 1.54) is 20.3 Å². The Kier molecular flexibility index (Phi) is 5.66. The Labute approximate surface area is 148 Å². The number of hydrogen-bond acceptors (Lipinski definition) is 5. The molecule has 2 aromatic carbocycles. The van der Waals surface area contributed by atoms with E-state index in [1.807, 2.05) is 0 Å². The van der Waals surface area contributed by atoms with Gasteiger partial charge in [-0.3, -0.25) is 0 Å². The first-order chi connectivity index (χ1) is 11.4. The molecule has 0 aliphatic carbocycles. The molecule has 24 heavy (non-hydrogen) atoms. The average Bonchev–Trinajstić information content (AvgIpc) is 2.59. The standard InChI is InChI=1S/C17H17BrFNO4/c1-20(13-6-5-11(22-2)9-15(13)23-3)14-8-10(18)7-12(19)16(14)17(21)24-4/h5-9H,1-4H3. The number of rotatable bonds is 5. The van der Waals surface area contributed by atoms with Crippen molar-refractivity contribution in [2.45, 2.75) is 0 Å². The number of ether oxygens (including phenoxy) is 3. The fraction of sp³-hybridized carbons (Fsp3) is 0.235. The highest BCUT2D eigenvalue weighted by atomic mass is 79.9. The summed E-state index contributed by atoms with van der Waals surface area (Å²) in [5, 5.41) is 0. The van der Waals surface area contributed by atoms with Crippen LogP contribution in [0.15, 0.2) is 34.8 Å². The van der Waals surface area contributed by atoms with E-state index in [2.05, 4.69) is 15.9 Å². The van der Waals surface area contributed by atoms with E-state index in [0.717, 1.165) is 0 Å². The molecule has 7 heteroatoms. The van der Waals surface area contributed by atoms with Gasteiger partial charge in [-0.2, -0.15) is 0 Å². The SMILES string of the molecule is COC(=O)c1c(F)cc(Br)cc1N(C)c1ccc(OC)cc1OC. The van der Waals surface area contributed by atoms with E-state index < -0.39 is 11.8 Å². The van der Waals surface area contributed by atoms with Gasteiger partial charge in [0.15, 0.2) is 0 Å². The molecule has 0 aliphatic heterocycles.